The number of benzene rings is 1. The number of cyclic esters (lactones) is 1. The van der Waals surface area contributed by atoms with Crippen LogP contribution in [-0.2, 0) is 24.8 Å². The van der Waals surface area contributed by atoms with Crippen molar-refractivity contribution in [3.63, 3.8) is 0 Å². The molecular weight excluding hydrogens is 617 g/mol. The smallest absolute Gasteiger partial charge is 0.407 e. The number of aromatic nitrogens is 1. The van der Waals surface area contributed by atoms with Gasteiger partial charge in [0.1, 0.15) is 24.0 Å². The second kappa shape index (κ2) is 13.3. The van der Waals surface area contributed by atoms with Gasteiger partial charge in [0.05, 0.1) is 11.6 Å². The van der Waals surface area contributed by atoms with Crippen LogP contribution in [0.3, 0.4) is 0 Å². The Morgan fingerprint density at radius 3 is 2.40 bits per heavy atom. The molecule has 0 radical (unpaired) electrons. The first kappa shape index (κ1) is 34.2. The summed E-state index contributed by atoms with van der Waals surface area (Å²) in [6.07, 6.45) is 5.76. The predicted octanol–water partition coefficient (Wildman–Crippen LogP) is 5.57. The van der Waals surface area contributed by atoms with Crippen LogP contribution in [0.5, 0.6) is 0 Å². The van der Waals surface area contributed by atoms with Gasteiger partial charge >= 0.3 is 12.1 Å². The molecule has 4 heterocycles. The standard InChI is InChI=1S/C36H50FN5O6/c1-35(2,3)48-34(46)39-26(21-37)22-9-11-23(12-10-22)32(44)41-18-15-28(40-16-7-6-8-17-40)30(41)31(43)38-25-13-14-27-24(19-25)20-29-33(45)47-36(4,5)42(27)29/h13-14,19-20,22-23,26,28,30H,6-12,15-18,21H2,1-5H3,(H,38,43)(H,39,46)/t22?,23?,26-,28-,30+/m1/s1. The molecule has 3 amide bonds. The number of carbonyl (C=O) groups excluding carboxylic acids is 4. The van der Waals surface area contributed by atoms with E-state index in [1.807, 2.05) is 36.6 Å². The number of esters is 1. The quantitative estimate of drug-likeness (QED) is 0.371. The van der Waals surface area contributed by atoms with Crippen molar-refractivity contribution >= 4 is 40.5 Å². The zero-order valence-corrected chi connectivity index (χ0v) is 28.9. The number of rotatable bonds is 7. The zero-order valence-electron chi connectivity index (χ0n) is 28.9. The number of alkyl carbamates (subject to hydrolysis) is 1. The minimum Gasteiger partial charge on any atom is -0.444 e. The van der Waals surface area contributed by atoms with Crippen molar-refractivity contribution in [1.29, 1.82) is 0 Å². The fraction of sp³-hybridized carbons (Fsp3) is 0.667. The van der Waals surface area contributed by atoms with Crippen molar-refractivity contribution in [2.45, 2.75) is 115 Å². The monoisotopic (exact) mass is 667 g/mol. The van der Waals surface area contributed by atoms with E-state index in [1.54, 1.807) is 31.7 Å². The first-order valence-electron chi connectivity index (χ1n) is 17.6. The lowest BCUT2D eigenvalue weighted by Crippen LogP contribution is -2.55. The fourth-order valence-electron chi connectivity index (χ4n) is 8.28. The summed E-state index contributed by atoms with van der Waals surface area (Å²) in [6.45, 7) is 10.6. The third-order valence-electron chi connectivity index (χ3n) is 10.5. The molecule has 2 saturated heterocycles. The van der Waals surface area contributed by atoms with E-state index in [-0.39, 0.29) is 35.7 Å². The van der Waals surface area contributed by atoms with Gasteiger partial charge in [0.15, 0.2) is 5.72 Å². The van der Waals surface area contributed by atoms with E-state index < -0.39 is 36.2 Å². The third kappa shape index (κ3) is 6.91. The maximum atomic E-state index is 14.2. The molecule has 3 aliphatic heterocycles. The number of anilines is 1. The molecule has 3 fully saturated rings. The lowest BCUT2D eigenvalue weighted by Gasteiger charge is -2.38. The largest absolute Gasteiger partial charge is 0.444 e. The van der Waals surface area contributed by atoms with Gasteiger partial charge in [0, 0.05) is 29.6 Å². The number of likely N-dealkylation sites (tertiary alicyclic amines) is 2. The van der Waals surface area contributed by atoms with Crippen LogP contribution in [0, 0.1) is 11.8 Å². The van der Waals surface area contributed by atoms with E-state index in [9.17, 15) is 23.6 Å². The van der Waals surface area contributed by atoms with Crippen LogP contribution in [0.4, 0.5) is 14.9 Å². The average molecular weight is 668 g/mol. The molecule has 0 unspecified atom stereocenters. The Morgan fingerprint density at radius 1 is 1.02 bits per heavy atom. The number of piperidine rings is 1. The summed E-state index contributed by atoms with van der Waals surface area (Å²) in [5, 5.41) is 6.63. The second-order valence-corrected chi connectivity index (χ2v) is 15.4. The number of ether oxygens (including phenoxy) is 2. The molecule has 1 aromatic heterocycles. The molecule has 48 heavy (non-hydrogen) atoms. The van der Waals surface area contributed by atoms with Gasteiger partial charge in [-0.1, -0.05) is 6.42 Å². The lowest BCUT2D eigenvalue weighted by molar-refractivity contribution is -0.142. The number of nitrogens with one attached hydrogen (secondary N) is 2. The van der Waals surface area contributed by atoms with Crippen LogP contribution in [0.1, 0.15) is 96.5 Å². The molecule has 1 aromatic carbocycles. The normalized spacial score (nSPS) is 26.5. The molecule has 0 bridgehead atoms. The Labute approximate surface area is 281 Å². The summed E-state index contributed by atoms with van der Waals surface area (Å²) in [7, 11) is 0. The molecule has 11 nitrogen and oxygen atoms in total. The number of halogens is 1. The second-order valence-electron chi connectivity index (χ2n) is 15.4. The zero-order chi connectivity index (χ0) is 34.4. The average Bonchev–Trinajstić information content (AvgIpc) is 3.71. The predicted molar refractivity (Wildman–Crippen MR) is 179 cm³/mol. The first-order valence-corrected chi connectivity index (χ1v) is 17.6. The summed E-state index contributed by atoms with van der Waals surface area (Å²) in [6, 6.07) is 6.00. The highest BCUT2D eigenvalue weighted by Crippen LogP contribution is 2.38. The van der Waals surface area contributed by atoms with Crippen molar-refractivity contribution in [2.75, 3.05) is 31.6 Å². The van der Waals surface area contributed by atoms with Crippen LogP contribution < -0.4 is 10.6 Å². The van der Waals surface area contributed by atoms with Crippen LogP contribution in [-0.4, -0.2) is 88.3 Å². The van der Waals surface area contributed by atoms with Crippen molar-refractivity contribution in [3.8, 4) is 0 Å². The van der Waals surface area contributed by atoms with Gasteiger partial charge in [-0.05, 0) is 123 Å². The van der Waals surface area contributed by atoms with Gasteiger partial charge in [-0.3, -0.25) is 19.1 Å². The molecule has 1 saturated carbocycles. The number of hydrogen-bond donors (Lipinski definition) is 2. The van der Waals surface area contributed by atoms with Gasteiger partial charge in [0.25, 0.3) is 0 Å². The number of hydrogen-bond acceptors (Lipinski definition) is 7. The van der Waals surface area contributed by atoms with E-state index in [0.29, 0.717) is 43.6 Å². The number of amides is 3. The van der Waals surface area contributed by atoms with E-state index in [2.05, 4.69) is 15.5 Å². The summed E-state index contributed by atoms with van der Waals surface area (Å²) in [5.41, 5.74) is 0.447. The van der Waals surface area contributed by atoms with E-state index in [4.69, 9.17) is 9.47 Å². The van der Waals surface area contributed by atoms with Gasteiger partial charge in [-0.15, -0.1) is 0 Å². The highest BCUT2D eigenvalue weighted by molar-refractivity contribution is 6.02. The molecule has 1 aliphatic carbocycles. The Bertz CT molecular complexity index is 1550. The molecular formula is C36H50FN5O6. The maximum Gasteiger partial charge on any atom is 0.407 e. The summed E-state index contributed by atoms with van der Waals surface area (Å²) in [4.78, 5) is 57.3. The Balaban J connectivity index is 1.16. The molecule has 0 spiro atoms. The van der Waals surface area contributed by atoms with Crippen molar-refractivity contribution in [2.24, 2.45) is 11.8 Å². The number of nitrogens with zero attached hydrogens (tertiary/aromatic N) is 3. The highest BCUT2D eigenvalue weighted by Gasteiger charge is 2.47. The van der Waals surface area contributed by atoms with Crippen LogP contribution in [0.25, 0.3) is 10.9 Å². The maximum absolute atomic E-state index is 14.2. The fourth-order valence-corrected chi connectivity index (χ4v) is 8.28. The van der Waals surface area contributed by atoms with Crippen LogP contribution in [0.2, 0.25) is 0 Å². The van der Waals surface area contributed by atoms with Crippen molar-refractivity contribution in [3.05, 3.63) is 30.0 Å². The Hall–Kier alpha value is -3.67. The summed E-state index contributed by atoms with van der Waals surface area (Å²) >= 11 is 0. The number of fused-ring (bicyclic) bond motifs is 3. The molecule has 12 heteroatoms. The van der Waals surface area contributed by atoms with E-state index >= 15 is 0 Å². The first-order chi connectivity index (χ1) is 22.8. The molecule has 3 atom stereocenters. The molecule has 4 aliphatic rings. The van der Waals surface area contributed by atoms with Gasteiger partial charge in [-0.25, -0.2) is 14.0 Å². The summed E-state index contributed by atoms with van der Waals surface area (Å²) in [5.74, 6) is -0.968. The SMILES string of the molecule is CC(C)(C)OC(=O)N[C@H](CF)C1CCC(C(=O)N2CC[C@@H](N3CCCCC3)[C@H]2C(=O)Nc2ccc3c(c2)cc2n3C(C)(C)OC2=O)CC1. The van der Waals surface area contributed by atoms with Crippen LogP contribution >= 0.6 is 0 Å². The molecule has 6 rings (SSSR count). The van der Waals surface area contributed by atoms with Gasteiger partial charge < -0.3 is 25.0 Å². The number of alkyl halides is 1. The van der Waals surface area contributed by atoms with Gasteiger partial charge in [0.2, 0.25) is 11.8 Å². The number of carbonyl (C=O) groups is 4. The van der Waals surface area contributed by atoms with E-state index in [1.165, 1.54) is 6.42 Å². The minimum atomic E-state index is -0.800. The van der Waals surface area contributed by atoms with Crippen molar-refractivity contribution in [1.82, 2.24) is 19.7 Å². The Kier molecular flexibility index (Phi) is 9.50. The third-order valence-corrected chi connectivity index (χ3v) is 10.5. The van der Waals surface area contributed by atoms with Crippen molar-refractivity contribution < 1.29 is 33.0 Å². The Morgan fingerprint density at radius 2 is 1.73 bits per heavy atom. The summed E-state index contributed by atoms with van der Waals surface area (Å²) < 4.78 is 26.8. The molecule has 262 valence electrons. The molecule has 2 N–H and O–H groups in total. The topological polar surface area (TPSA) is 122 Å². The molecule has 2 aromatic rings. The lowest BCUT2D eigenvalue weighted by atomic mass is 9.78. The van der Waals surface area contributed by atoms with E-state index in [0.717, 1.165) is 43.3 Å². The minimum absolute atomic E-state index is 0.0231. The van der Waals surface area contributed by atoms with Gasteiger partial charge in [-0.2, -0.15) is 0 Å². The van der Waals surface area contributed by atoms with Crippen LogP contribution in [0.15, 0.2) is 24.3 Å². The highest BCUT2D eigenvalue weighted by atomic mass is 19.1.